The smallest absolute Gasteiger partial charge is 0.178 e. The predicted molar refractivity (Wildman–Crippen MR) is 116 cm³/mol. The third-order valence-electron chi connectivity index (χ3n) is 5.08. The van der Waals surface area contributed by atoms with E-state index in [4.69, 9.17) is 4.98 Å². The number of carbonyl (C=O) groups is 1. The van der Waals surface area contributed by atoms with Gasteiger partial charge in [-0.05, 0) is 29.7 Å². The third-order valence-corrected chi connectivity index (χ3v) is 5.08. The van der Waals surface area contributed by atoms with Crippen molar-refractivity contribution in [3.63, 3.8) is 0 Å². The Labute approximate surface area is 169 Å². The quantitative estimate of drug-likeness (QED) is 0.481. The van der Waals surface area contributed by atoms with Crippen molar-refractivity contribution in [2.45, 2.75) is 26.9 Å². The molecule has 144 valence electrons. The summed E-state index contributed by atoms with van der Waals surface area (Å²) in [6.07, 6.45) is 0.720. The van der Waals surface area contributed by atoms with Crippen LogP contribution in [0.2, 0.25) is 0 Å². The maximum atomic E-state index is 12.0. The molecule has 4 heteroatoms. The fourth-order valence-corrected chi connectivity index (χ4v) is 3.51. The molecule has 2 heterocycles. The number of pyridine rings is 2. The highest BCUT2D eigenvalue weighted by Gasteiger charge is 2.15. The van der Waals surface area contributed by atoms with Crippen molar-refractivity contribution < 1.29 is 9.90 Å². The molecule has 0 aliphatic heterocycles. The van der Waals surface area contributed by atoms with Gasteiger partial charge in [0.15, 0.2) is 5.78 Å². The van der Waals surface area contributed by atoms with E-state index in [0.29, 0.717) is 5.69 Å². The van der Waals surface area contributed by atoms with Crippen LogP contribution in [0.1, 0.15) is 35.6 Å². The van der Waals surface area contributed by atoms with Crippen LogP contribution in [0.5, 0.6) is 0 Å². The SMILES string of the molecule is CCc1nc(C(C)=O)cc2nc(-c3ccc(CO)cc3)c(-c3ccccc3)cc12. The third kappa shape index (κ3) is 3.67. The van der Waals surface area contributed by atoms with Gasteiger partial charge in [-0.15, -0.1) is 0 Å². The van der Waals surface area contributed by atoms with Crippen LogP contribution in [0.4, 0.5) is 0 Å². The summed E-state index contributed by atoms with van der Waals surface area (Å²) in [5.74, 6) is -0.0654. The molecule has 0 spiro atoms. The van der Waals surface area contributed by atoms with Crippen molar-refractivity contribution >= 4 is 16.7 Å². The molecular formula is C25H22N2O2. The summed E-state index contributed by atoms with van der Waals surface area (Å²) in [7, 11) is 0. The highest BCUT2D eigenvalue weighted by Crippen LogP contribution is 2.34. The standard InChI is InChI=1S/C25H22N2O2/c1-3-22-21-13-20(18-7-5-4-6-8-18)25(19-11-9-17(15-28)10-12-19)27-24(21)14-23(26-22)16(2)29/h4-14,28H,3,15H2,1-2H3. The monoisotopic (exact) mass is 382 g/mol. The van der Waals surface area contributed by atoms with E-state index in [1.807, 2.05) is 49.4 Å². The average molecular weight is 382 g/mol. The Bertz CT molecular complexity index is 1180. The van der Waals surface area contributed by atoms with Gasteiger partial charge < -0.3 is 5.11 Å². The van der Waals surface area contributed by atoms with Crippen molar-refractivity contribution in [2.24, 2.45) is 0 Å². The van der Waals surface area contributed by atoms with E-state index in [1.165, 1.54) is 6.92 Å². The number of rotatable bonds is 5. The molecule has 1 N–H and O–H groups in total. The molecule has 2 aromatic carbocycles. The summed E-state index contributed by atoms with van der Waals surface area (Å²) >= 11 is 0. The first-order chi connectivity index (χ1) is 14.1. The zero-order valence-electron chi connectivity index (χ0n) is 16.5. The topological polar surface area (TPSA) is 63.1 Å². The number of fused-ring (bicyclic) bond motifs is 1. The summed E-state index contributed by atoms with van der Waals surface area (Å²) in [6, 6.07) is 21.8. The first-order valence-electron chi connectivity index (χ1n) is 9.72. The molecule has 0 saturated heterocycles. The van der Waals surface area contributed by atoms with Crippen LogP contribution in [0.15, 0.2) is 66.7 Å². The van der Waals surface area contributed by atoms with Gasteiger partial charge in [0, 0.05) is 23.4 Å². The fraction of sp³-hybridized carbons (Fsp3) is 0.160. The molecule has 29 heavy (non-hydrogen) atoms. The molecule has 0 bridgehead atoms. The zero-order chi connectivity index (χ0) is 20.4. The first kappa shape index (κ1) is 19.0. The predicted octanol–water partition coefficient (Wildman–Crippen LogP) is 5.22. The summed E-state index contributed by atoms with van der Waals surface area (Å²) in [5.41, 5.74) is 6.83. The van der Waals surface area contributed by atoms with Crippen LogP contribution in [-0.2, 0) is 13.0 Å². The van der Waals surface area contributed by atoms with Crippen molar-refractivity contribution in [2.75, 3.05) is 0 Å². The Morgan fingerprint density at radius 3 is 2.28 bits per heavy atom. The van der Waals surface area contributed by atoms with Gasteiger partial charge in [0.05, 0.1) is 23.5 Å². The van der Waals surface area contributed by atoms with Gasteiger partial charge in [0.25, 0.3) is 0 Å². The minimum Gasteiger partial charge on any atom is -0.392 e. The van der Waals surface area contributed by atoms with Crippen molar-refractivity contribution in [1.82, 2.24) is 9.97 Å². The molecule has 2 aromatic heterocycles. The van der Waals surface area contributed by atoms with Gasteiger partial charge in [-0.3, -0.25) is 4.79 Å². The van der Waals surface area contributed by atoms with Crippen LogP contribution in [-0.4, -0.2) is 20.9 Å². The van der Waals surface area contributed by atoms with E-state index in [2.05, 4.69) is 23.2 Å². The molecule has 0 aliphatic carbocycles. The van der Waals surface area contributed by atoms with Gasteiger partial charge >= 0.3 is 0 Å². The Kier molecular flexibility index (Phi) is 5.19. The molecule has 0 aliphatic rings. The molecule has 4 rings (SSSR count). The molecule has 0 saturated carbocycles. The highest BCUT2D eigenvalue weighted by atomic mass is 16.3. The van der Waals surface area contributed by atoms with Gasteiger partial charge in [0.2, 0.25) is 0 Å². The van der Waals surface area contributed by atoms with Crippen LogP contribution >= 0.6 is 0 Å². The van der Waals surface area contributed by atoms with Crippen LogP contribution in [0.25, 0.3) is 33.3 Å². The molecule has 0 amide bonds. The average Bonchev–Trinajstić information content (AvgIpc) is 2.78. The van der Waals surface area contributed by atoms with E-state index < -0.39 is 0 Å². The minimum atomic E-state index is -0.0654. The summed E-state index contributed by atoms with van der Waals surface area (Å²) in [5, 5.41) is 10.3. The Morgan fingerprint density at radius 1 is 0.931 bits per heavy atom. The Morgan fingerprint density at radius 2 is 1.66 bits per heavy atom. The zero-order valence-corrected chi connectivity index (χ0v) is 16.5. The lowest BCUT2D eigenvalue weighted by Gasteiger charge is -2.14. The van der Waals surface area contributed by atoms with Crippen LogP contribution < -0.4 is 0 Å². The number of nitrogens with zero attached hydrogens (tertiary/aromatic N) is 2. The first-order valence-corrected chi connectivity index (χ1v) is 9.72. The fourth-order valence-electron chi connectivity index (χ4n) is 3.51. The van der Waals surface area contributed by atoms with E-state index in [9.17, 15) is 9.90 Å². The van der Waals surface area contributed by atoms with Crippen LogP contribution in [0, 0.1) is 0 Å². The van der Waals surface area contributed by atoms with Gasteiger partial charge in [-0.1, -0.05) is 61.5 Å². The van der Waals surface area contributed by atoms with E-state index in [0.717, 1.165) is 51.0 Å². The minimum absolute atomic E-state index is 0.00444. The summed E-state index contributed by atoms with van der Waals surface area (Å²) < 4.78 is 0. The molecule has 4 aromatic rings. The number of benzene rings is 2. The summed E-state index contributed by atoms with van der Waals surface area (Å²) in [4.78, 5) is 21.5. The largest absolute Gasteiger partial charge is 0.392 e. The van der Waals surface area contributed by atoms with Gasteiger partial charge in [-0.25, -0.2) is 9.97 Å². The second-order valence-corrected chi connectivity index (χ2v) is 7.04. The number of hydrogen-bond donors (Lipinski definition) is 1. The molecular weight excluding hydrogens is 360 g/mol. The van der Waals surface area contributed by atoms with Crippen LogP contribution in [0.3, 0.4) is 0 Å². The van der Waals surface area contributed by atoms with Crippen molar-refractivity contribution in [1.29, 1.82) is 0 Å². The number of aliphatic hydroxyl groups is 1. The number of aromatic nitrogens is 2. The number of carbonyl (C=O) groups excluding carboxylic acids is 1. The van der Waals surface area contributed by atoms with Gasteiger partial charge in [-0.2, -0.15) is 0 Å². The van der Waals surface area contributed by atoms with E-state index in [1.54, 1.807) is 6.07 Å². The number of Topliss-reactive ketones (excluding diaryl/α,β-unsaturated/α-hetero) is 1. The number of ketones is 1. The van der Waals surface area contributed by atoms with E-state index >= 15 is 0 Å². The molecule has 0 radical (unpaired) electrons. The molecule has 0 atom stereocenters. The van der Waals surface area contributed by atoms with Gasteiger partial charge in [0.1, 0.15) is 5.69 Å². The lowest BCUT2D eigenvalue weighted by atomic mass is 9.96. The number of aryl methyl sites for hydroxylation is 1. The Balaban J connectivity index is 2.03. The second-order valence-electron chi connectivity index (χ2n) is 7.04. The molecule has 0 unspecified atom stereocenters. The lowest BCUT2D eigenvalue weighted by Crippen LogP contribution is -2.03. The summed E-state index contributed by atoms with van der Waals surface area (Å²) in [6.45, 7) is 3.57. The molecule has 0 fully saturated rings. The second kappa shape index (κ2) is 7.94. The Hall–Kier alpha value is -3.37. The maximum Gasteiger partial charge on any atom is 0.178 e. The number of aliphatic hydroxyl groups excluding tert-OH is 1. The lowest BCUT2D eigenvalue weighted by molar-refractivity contribution is 0.101. The van der Waals surface area contributed by atoms with Crippen molar-refractivity contribution in [3.05, 3.63) is 83.7 Å². The van der Waals surface area contributed by atoms with E-state index in [-0.39, 0.29) is 12.4 Å². The highest BCUT2D eigenvalue weighted by molar-refractivity contribution is 5.98. The number of hydrogen-bond acceptors (Lipinski definition) is 4. The maximum absolute atomic E-state index is 12.0. The molecule has 4 nitrogen and oxygen atoms in total. The van der Waals surface area contributed by atoms with Crippen molar-refractivity contribution in [3.8, 4) is 22.4 Å². The normalized spacial score (nSPS) is 11.0.